The van der Waals surface area contributed by atoms with Crippen molar-refractivity contribution < 1.29 is 24.3 Å². The Labute approximate surface area is 231 Å². The Morgan fingerprint density at radius 1 is 0.950 bits per heavy atom. The summed E-state index contributed by atoms with van der Waals surface area (Å²) in [5, 5.41) is 15.4. The van der Waals surface area contributed by atoms with Gasteiger partial charge in [0.2, 0.25) is 11.8 Å². The summed E-state index contributed by atoms with van der Waals surface area (Å²) < 4.78 is 0. The minimum Gasteiger partial charge on any atom is -0.481 e. The van der Waals surface area contributed by atoms with Crippen molar-refractivity contribution in [2.24, 2.45) is 0 Å². The van der Waals surface area contributed by atoms with Crippen LogP contribution < -0.4 is 15.5 Å². The fraction of sp³-hybridized carbons (Fsp3) is 0.226. The Kier molecular flexibility index (Phi) is 7.91. The molecular formula is C31H30N4O5. The van der Waals surface area contributed by atoms with Crippen molar-refractivity contribution in [2.45, 2.75) is 37.8 Å². The highest BCUT2D eigenvalue weighted by Gasteiger charge is 2.41. The molecular weight excluding hydrogens is 508 g/mol. The van der Waals surface area contributed by atoms with E-state index in [0.717, 1.165) is 22.0 Å². The molecule has 0 radical (unpaired) electrons. The van der Waals surface area contributed by atoms with Crippen LogP contribution in [0.2, 0.25) is 0 Å². The smallest absolute Gasteiger partial charge is 0.305 e. The second-order valence-corrected chi connectivity index (χ2v) is 9.81. The highest BCUT2D eigenvalue weighted by atomic mass is 16.4. The van der Waals surface area contributed by atoms with Crippen LogP contribution in [0.25, 0.3) is 10.9 Å². The molecule has 40 heavy (non-hydrogen) atoms. The second kappa shape index (κ2) is 11.9. The van der Waals surface area contributed by atoms with Gasteiger partial charge in [-0.05, 0) is 42.2 Å². The summed E-state index contributed by atoms with van der Waals surface area (Å²) in [6.45, 7) is -0.0441. The van der Waals surface area contributed by atoms with Gasteiger partial charge in [-0.2, -0.15) is 0 Å². The van der Waals surface area contributed by atoms with Gasteiger partial charge in [-0.25, -0.2) is 0 Å². The van der Waals surface area contributed by atoms with Gasteiger partial charge >= 0.3 is 5.97 Å². The predicted octanol–water partition coefficient (Wildman–Crippen LogP) is 3.45. The van der Waals surface area contributed by atoms with Gasteiger partial charge in [0.25, 0.3) is 5.91 Å². The second-order valence-electron chi connectivity index (χ2n) is 9.81. The van der Waals surface area contributed by atoms with Crippen molar-refractivity contribution in [2.75, 3.05) is 11.4 Å². The monoisotopic (exact) mass is 538 g/mol. The Balaban J connectivity index is 1.42. The molecule has 4 N–H and O–H groups in total. The van der Waals surface area contributed by atoms with Crippen molar-refractivity contribution in [3.05, 3.63) is 102 Å². The SMILES string of the molecule is O=C(O)CCNC(=O)[C@@H]1Cc2ccccc2N1C(=O)[C@H](CCc1ccccc1)NC(=O)c1cc2ccccc2[nH]1. The predicted molar refractivity (Wildman–Crippen MR) is 151 cm³/mol. The molecule has 4 aromatic rings. The first kappa shape index (κ1) is 26.7. The van der Waals surface area contributed by atoms with E-state index in [9.17, 15) is 19.2 Å². The molecule has 9 nitrogen and oxygen atoms in total. The molecule has 3 aromatic carbocycles. The molecule has 2 atom stereocenters. The molecule has 0 saturated heterocycles. The normalized spacial score (nSPS) is 14.9. The van der Waals surface area contributed by atoms with Gasteiger partial charge in [-0.15, -0.1) is 0 Å². The molecule has 2 heterocycles. The summed E-state index contributed by atoms with van der Waals surface area (Å²) in [7, 11) is 0. The van der Waals surface area contributed by atoms with E-state index >= 15 is 0 Å². The molecule has 0 fully saturated rings. The number of aromatic amines is 1. The first-order valence-electron chi connectivity index (χ1n) is 13.2. The highest BCUT2D eigenvalue weighted by molar-refractivity contribution is 6.08. The van der Waals surface area contributed by atoms with Gasteiger partial charge in [-0.3, -0.25) is 24.1 Å². The molecule has 0 spiro atoms. The molecule has 204 valence electrons. The summed E-state index contributed by atoms with van der Waals surface area (Å²) in [6.07, 6.45) is 0.928. The number of fused-ring (bicyclic) bond motifs is 2. The number of H-pyrrole nitrogens is 1. The number of benzene rings is 3. The Bertz CT molecular complexity index is 1510. The van der Waals surface area contributed by atoms with Crippen LogP contribution in [0.3, 0.4) is 0 Å². The van der Waals surface area contributed by atoms with Gasteiger partial charge in [0, 0.05) is 29.6 Å². The van der Waals surface area contributed by atoms with Gasteiger partial charge in [0.1, 0.15) is 17.8 Å². The fourth-order valence-corrected chi connectivity index (χ4v) is 5.09. The maximum Gasteiger partial charge on any atom is 0.305 e. The number of nitrogens with one attached hydrogen (secondary N) is 3. The van der Waals surface area contributed by atoms with E-state index in [4.69, 9.17) is 5.11 Å². The number of hydrogen-bond acceptors (Lipinski definition) is 4. The number of carboxylic acid groups (broad SMARTS) is 1. The minimum atomic E-state index is -1.02. The van der Waals surface area contributed by atoms with Crippen molar-refractivity contribution in [3.8, 4) is 0 Å². The maximum absolute atomic E-state index is 14.2. The first-order chi connectivity index (χ1) is 19.4. The number of carboxylic acids is 1. The largest absolute Gasteiger partial charge is 0.481 e. The minimum absolute atomic E-state index is 0.0441. The van der Waals surface area contributed by atoms with Gasteiger partial charge in [0.15, 0.2) is 0 Å². The molecule has 0 aliphatic carbocycles. The molecule has 5 rings (SSSR count). The lowest BCUT2D eigenvalue weighted by molar-refractivity contribution is -0.137. The summed E-state index contributed by atoms with van der Waals surface area (Å²) in [4.78, 5) is 56.2. The third-order valence-corrected chi connectivity index (χ3v) is 7.10. The number of carbonyl (C=O) groups excluding carboxylic acids is 3. The van der Waals surface area contributed by atoms with E-state index in [1.165, 1.54) is 4.90 Å². The van der Waals surface area contributed by atoms with Crippen LogP contribution in [-0.4, -0.2) is 52.4 Å². The van der Waals surface area contributed by atoms with Crippen molar-refractivity contribution in [1.82, 2.24) is 15.6 Å². The van der Waals surface area contributed by atoms with E-state index in [1.54, 1.807) is 18.2 Å². The molecule has 0 bridgehead atoms. The zero-order chi connectivity index (χ0) is 28.1. The number of amides is 3. The van der Waals surface area contributed by atoms with Crippen molar-refractivity contribution in [3.63, 3.8) is 0 Å². The first-order valence-corrected chi connectivity index (χ1v) is 13.2. The van der Waals surface area contributed by atoms with Gasteiger partial charge < -0.3 is 20.7 Å². The van der Waals surface area contributed by atoms with Crippen LogP contribution in [0.4, 0.5) is 5.69 Å². The third-order valence-electron chi connectivity index (χ3n) is 7.10. The average molecular weight is 539 g/mol. The van der Waals surface area contributed by atoms with E-state index < -0.39 is 35.8 Å². The number of aryl methyl sites for hydroxylation is 1. The Morgan fingerprint density at radius 2 is 1.68 bits per heavy atom. The van der Waals surface area contributed by atoms with Crippen LogP contribution in [-0.2, 0) is 27.2 Å². The van der Waals surface area contributed by atoms with Crippen LogP contribution in [0, 0.1) is 0 Å². The Hall–Kier alpha value is -4.92. The summed E-state index contributed by atoms with van der Waals surface area (Å²) in [5.41, 5.74) is 3.60. The Morgan fingerprint density at radius 3 is 2.45 bits per heavy atom. The number of hydrogen-bond donors (Lipinski definition) is 4. The average Bonchev–Trinajstić information content (AvgIpc) is 3.57. The van der Waals surface area contributed by atoms with Crippen LogP contribution in [0.15, 0.2) is 84.9 Å². The van der Waals surface area contributed by atoms with Crippen molar-refractivity contribution >= 4 is 40.3 Å². The molecule has 1 aromatic heterocycles. The number of carbonyl (C=O) groups is 4. The standard InChI is InChI=1S/C31H30N4O5/c36-28(37)16-17-32-30(39)27-19-22-11-5-7-13-26(22)35(27)31(40)24(15-14-20-8-2-1-3-9-20)34-29(38)25-18-21-10-4-6-12-23(21)33-25/h1-13,18,24,27,33H,14-17,19H2,(H,32,39)(H,34,38)(H,36,37)/t24-,27-/m0/s1. The number of para-hydroxylation sites is 2. The molecule has 3 amide bonds. The molecule has 1 aliphatic rings. The summed E-state index contributed by atoms with van der Waals surface area (Å²) in [6, 6.07) is 24.5. The number of aliphatic carboxylic acids is 1. The zero-order valence-electron chi connectivity index (χ0n) is 21.8. The lowest BCUT2D eigenvalue weighted by atomic mass is 10.0. The number of aromatic nitrogens is 1. The number of rotatable bonds is 10. The zero-order valence-corrected chi connectivity index (χ0v) is 21.8. The van der Waals surface area contributed by atoms with Gasteiger partial charge in [0.05, 0.1) is 6.42 Å². The lowest BCUT2D eigenvalue weighted by Gasteiger charge is -2.29. The maximum atomic E-state index is 14.2. The topological polar surface area (TPSA) is 132 Å². The van der Waals surface area contributed by atoms with Gasteiger partial charge in [-0.1, -0.05) is 66.7 Å². The lowest BCUT2D eigenvalue weighted by Crippen LogP contribution is -2.55. The number of anilines is 1. The summed E-state index contributed by atoms with van der Waals surface area (Å²) >= 11 is 0. The van der Waals surface area contributed by atoms with Crippen LogP contribution in [0.1, 0.15) is 34.5 Å². The number of nitrogens with zero attached hydrogens (tertiary/aromatic N) is 1. The van der Waals surface area contributed by atoms with E-state index in [1.807, 2.05) is 66.7 Å². The fourth-order valence-electron chi connectivity index (χ4n) is 5.09. The highest BCUT2D eigenvalue weighted by Crippen LogP contribution is 2.33. The van der Waals surface area contributed by atoms with E-state index in [-0.39, 0.29) is 13.0 Å². The van der Waals surface area contributed by atoms with E-state index in [2.05, 4.69) is 15.6 Å². The van der Waals surface area contributed by atoms with E-state index in [0.29, 0.717) is 30.6 Å². The third kappa shape index (κ3) is 5.88. The van der Waals surface area contributed by atoms with Crippen LogP contribution >= 0.6 is 0 Å². The molecule has 1 aliphatic heterocycles. The quantitative estimate of drug-likeness (QED) is 0.246. The summed E-state index contributed by atoms with van der Waals surface area (Å²) in [5.74, 6) is -2.28. The molecule has 0 unspecified atom stereocenters. The van der Waals surface area contributed by atoms with Crippen LogP contribution in [0.5, 0.6) is 0 Å². The molecule has 9 heteroatoms. The van der Waals surface area contributed by atoms with Crippen molar-refractivity contribution in [1.29, 1.82) is 0 Å². The molecule has 0 saturated carbocycles.